The van der Waals surface area contributed by atoms with E-state index in [4.69, 9.17) is 4.74 Å². The van der Waals surface area contributed by atoms with E-state index in [1.807, 2.05) is 26.0 Å². The standard InChI is InChI=1S/C18H26N4O3/c1-12(2)22-10-15(7-17(22)23)21-18(24)20-9-14-5-6-16(19-8-14)25-11-13-3-4-13/h5-6,8,12-13,15H,3-4,7,9-11H2,1-2H3,(H2,20,21,24)/t15-/m1/s1. The summed E-state index contributed by atoms with van der Waals surface area (Å²) in [7, 11) is 0. The smallest absolute Gasteiger partial charge is 0.315 e. The van der Waals surface area contributed by atoms with Gasteiger partial charge < -0.3 is 20.3 Å². The highest BCUT2D eigenvalue weighted by atomic mass is 16.5. The van der Waals surface area contributed by atoms with Crippen molar-refractivity contribution in [1.29, 1.82) is 0 Å². The van der Waals surface area contributed by atoms with Crippen LogP contribution < -0.4 is 15.4 Å². The van der Waals surface area contributed by atoms with Crippen LogP contribution in [0.15, 0.2) is 18.3 Å². The first-order valence-corrected chi connectivity index (χ1v) is 8.93. The molecule has 0 bridgehead atoms. The molecule has 1 saturated carbocycles. The van der Waals surface area contributed by atoms with E-state index < -0.39 is 0 Å². The minimum absolute atomic E-state index is 0.0892. The Bertz CT molecular complexity index is 613. The number of rotatable bonds is 7. The quantitative estimate of drug-likeness (QED) is 0.787. The second-order valence-electron chi connectivity index (χ2n) is 7.13. The molecular weight excluding hydrogens is 320 g/mol. The van der Waals surface area contributed by atoms with E-state index in [1.54, 1.807) is 11.1 Å². The van der Waals surface area contributed by atoms with Crippen LogP contribution in [0.25, 0.3) is 0 Å². The number of nitrogens with zero attached hydrogens (tertiary/aromatic N) is 2. The van der Waals surface area contributed by atoms with Crippen molar-refractivity contribution < 1.29 is 14.3 Å². The number of hydrogen-bond acceptors (Lipinski definition) is 4. The van der Waals surface area contributed by atoms with Gasteiger partial charge in [0, 0.05) is 37.8 Å². The number of carbonyl (C=O) groups is 2. The number of ether oxygens (including phenoxy) is 1. The summed E-state index contributed by atoms with van der Waals surface area (Å²) in [4.78, 5) is 29.9. The van der Waals surface area contributed by atoms with Crippen molar-refractivity contribution in [3.8, 4) is 5.88 Å². The number of carbonyl (C=O) groups excluding carboxylic acids is 2. The summed E-state index contributed by atoms with van der Waals surface area (Å²) in [6.07, 6.45) is 4.57. The Kier molecular flexibility index (Phi) is 5.40. The number of likely N-dealkylation sites (tertiary alicyclic amines) is 1. The molecule has 3 rings (SSSR count). The first-order valence-electron chi connectivity index (χ1n) is 8.93. The molecule has 2 N–H and O–H groups in total. The Morgan fingerprint density at radius 1 is 1.40 bits per heavy atom. The molecule has 1 aromatic heterocycles. The van der Waals surface area contributed by atoms with Gasteiger partial charge in [-0.05, 0) is 38.2 Å². The molecule has 0 spiro atoms. The van der Waals surface area contributed by atoms with E-state index in [2.05, 4.69) is 15.6 Å². The highest BCUT2D eigenvalue weighted by Crippen LogP contribution is 2.29. The summed E-state index contributed by atoms with van der Waals surface area (Å²) in [5.74, 6) is 1.41. The maximum atomic E-state index is 12.0. The minimum Gasteiger partial charge on any atom is -0.477 e. The molecular formula is C18H26N4O3. The molecule has 1 aliphatic heterocycles. The molecule has 25 heavy (non-hydrogen) atoms. The highest BCUT2D eigenvalue weighted by molar-refractivity contribution is 5.81. The van der Waals surface area contributed by atoms with Crippen LogP contribution in [0.4, 0.5) is 4.79 Å². The lowest BCUT2D eigenvalue weighted by atomic mass is 10.2. The van der Waals surface area contributed by atoms with E-state index in [0.717, 1.165) is 12.2 Å². The van der Waals surface area contributed by atoms with E-state index in [1.165, 1.54) is 12.8 Å². The Hall–Kier alpha value is -2.31. The minimum atomic E-state index is -0.266. The summed E-state index contributed by atoms with van der Waals surface area (Å²) in [5, 5.41) is 5.66. The van der Waals surface area contributed by atoms with E-state index in [-0.39, 0.29) is 24.0 Å². The largest absolute Gasteiger partial charge is 0.477 e. The average molecular weight is 346 g/mol. The lowest BCUT2D eigenvalue weighted by Gasteiger charge is -2.21. The van der Waals surface area contributed by atoms with Crippen LogP contribution in [0.1, 0.15) is 38.7 Å². The van der Waals surface area contributed by atoms with Crippen LogP contribution in [0, 0.1) is 5.92 Å². The van der Waals surface area contributed by atoms with Crippen molar-refractivity contribution in [2.45, 2.75) is 51.7 Å². The molecule has 2 heterocycles. The molecule has 7 nitrogen and oxygen atoms in total. The molecule has 0 unspecified atom stereocenters. The number of aromatic nitrogens is 1. The molecule has 1 aromatic rings. The maximum Gasteiger partial charge on any atom is 0.315 e. The molecule has 0 radical (unpaired) electrons. The zero-order chi connectivity index (χ0) is 17.8. The topological polar surface area (TPSA) is 83.6 Å². The van der Waals surface area contributed by atoms with Gasteiger partial charge in [-0.2, -0.15) is 0 Å². The third-order valence-corrected chi connectivity index (χ3v) is 4.53. The van der Waals surface area contributed by atoms with Gasteiger partial charge in [-0.1, -0.05) is 6.07 Å². The van der Waals surface area contributed by atoms with Gasteiger partial charge in [-0.15, -0.1) is 0 Å². The molecule has 2 aliphatic rings. The molecule has 2 fully saturated rings. The summed E-state index contributed by atoms with van der Waals surface area (Å²) < 4.78 is 5.59. The Balaban J connectivity index is 1.39. The fourth-order valence-electron chi connectivity index (χ4n) is 2.83. The number of amides is 3. The zero-order valence-electron chi connectivity index (χ0n) is 14.8. The number of urea groups is 1. The second-order valence-corrected chi connectivity index (χ2v) is 7.13. The van der Waals surface area contributed by atoms with Crippen molar-refractivity contribution in [2.75, 3.05) is 13.2 Å². The second kappa shape index (κ2) is 7.72. The van der Waals surface area contributed by atoms with Gasteiger partial charge in [0.1, 0.15) is 0 Å². The number of hydrogen-bond donors (Lipinski definition) is 2. The van der Waals surface area contributed by atoms with Gasteiger partial charge in [0.05, 0.1) is 12.6 Å². The van der Waals surface area contributed by atoms with Crippen molar-refractivity contribution in [2.24, 2.45) is 5.92 Å². The zero-order valence-corrected chi connectivity index (χ0v) is 14.8. The van der Waals surface area contributed by atoms with Crippen molar-refractivity contribution in [3.05, 3.63) is 23.9 Å². The molecule has 7 heteroatoms. The fraction of sp³-hybridized carbons (Fsp3) is 0.611. The van der Waals surface area contributed by atoms with Crippen molar-refractivity contribution in [1.82, 2.24) is 20.5 Å². The summed E-state index contributed by atoms with van der Waals surface area (Å²) in [5.41, 5.74) is 0.903. The third-order valence-electron chi connectivity index (χ3n) is 4.53. The fourth-order valence-corrected chi connectivity index (χ4v) is 2.83. The summed E-state index contributed by atoms with van der Waals surface area (Å²) >= 11 is 0. The maximum absolute atomic E-state index is 12.0. The average Bonchev–Trinajstić information content (AvgIpc) is 3.34. The normalized spacial score (nSPS) is 20.0. The van der Waals surface area contributed by atoms with E-state index in [0.29, 0.717) is 31.3 Å². The number of nitrogens with one attached hydrogen (secondary N) is 2. The van der Waals surface area contributed by atoms with Crippen molar-refractivity contribution >= 4 is 11.9 Å². The van der Waals surface area contributed by atoms with E-state index >= 15 is 0 Å². The van der Waals surface area contributed by atoms with Gasteiger partial charge in [-0.3, -0.25) is 4.79 Å². The Labute approximate surface area is 148 Å². The summed E-state index contributed by atoms with van der Waals surface area (Å²) in [6, 6.07) is 3.49. The van der Waals surface area contributed by atoms with Crippen molar-refractivity contribution in [3.63, 3.8) is 0 Å². The Morgan fingerprint density at radius 3 is 2.80 bits per heavy atom. The van der Waals surface area contributed by atoms with Gasteiger partial charge in [0.25, 0.3) is 0 Å². The predicted octanol–water partition coefficient (Wildman–Crippen LogP) is 1.68. The SMILES string of the molecule is CC(C)N1C[C@H](NC(=O)NCc2ccc(OCC3CC3)nc2)CC1=O. The van der Waals surface area contributed by atoms with Crippen LogP contribution in [-0.2, 0) is 11.3 Å². The summed E-state index contributed by atoms with van der Waals surface area (Å²) in [6.45, 7) is 5.64. The first kappa shape index (κ1) is 17.5. The molecule has 1 saturated heterocycles. The van der Waals surface area contributed by atoms with Crippen LogP contribution in [-0.4, -0.2) is 47.1 Å². The molecule has 1 aliphatic carbocycles. The van der Waals surface area contributed by atoms with Gasteiger partial charge in [0.15, 0.2) is 0 Å². The molecule has 0 aromatic carbocycles. The Morgan fingerprint density at radius 2 is 2.20 bits per heavy atom. The lowest BCUT2D eigenvalue weighted by molar-refractivity contribution is -0.129. The van der Waals surface area contributed by atoms with E-state index in [9.17, 15) is 9.59 Å². The van der Waals surface area contributed by atoms with Gasteiger partial charge >= 0.3 is 6.03 Å². The highest BCUT2D eigenvalue weighted by Gasteiger charge is 2.31. The molecule has 1 atom stereocenters. The van der Waals surface area contributed by atoms with Crippen LogP contribution in [0.5, 0.6) is 5.88 Å². The van der Waals surface area contributed by atoms with Crippen LogP contribution >= 0.6 is 0 Å². The lowest BCUT2D eigenvalue weighted by Crippen LogP contribution is -2.43. The molecule has 136 valence electrons. The first-order chi connectivity index (χ1) is 12.0. The van der Waals surface area contributed by atoms with Crippen LogP contribution in [0.3, 0.4) is 0 Å². The monoisotopic (exact) mass is 346 g/mol. The van der Waals surface area contributed by atoms with Gasteiger partial charge in [0.2, 0.25) is 11.8 Å². The third kappa shape index (κ3) is 5.08. The predicted molar refractivity (Wildman–Crippen MR) is 93.1 cm³/mol. The van der Waals surface area contributed by atoms with Gasteiger partial charge in [-0.25, -0.2) is 9.78 Å². The molecule has 3 amide bonds. The number of pyridine rings is 1. The van der Waals surface area contributed by atoms with Crippen LogP contribution in [0.2, 0.25) is 0 Å².